The van der Waals surface area contributed by atoms with Crippen molar-refractivity contribution in [1.29, 1.82) is 0 Å². The molecule has 0 saturated heterocycles. The number of aliphatic hydroxyl groups is 1. The van der Waals surface area contributed by atoms with Crippen LogP contribution in [0.5, 0.6) is 5.75 Å². The fraction of sp³-hybridized carbons (Fsp3) is 0.294. The highest BCUT2D eigenvalue weighted by Crippen LogP contribution is 2.35. The molecule has 2 aromatic carbocycles. The zero-order chi connectivity index (χ0) is 14.3. The van der Waals surface area contributed by atoms with Crippen LogP contribution in [0.4, 0.5) is 0 Å². The molecule has 3 heteroatoms. The molecule has 0 fully saturated rings. The highest BCUT2D eigenvalue weighted by Gasteiger charge is 2.21. The third-order valence-electron chi connectivity index (χ3n) is 3.75. The Morgan fingerprint density at radius 1 is 1.30 bits per heavy atom. The molecule has 0 spiro atoms. The Kier molecular flexibility index (Phi) is 3.57. The van der Waals surface area contributed by atoms with Crippen LogP contribution < -0.4 is 4.74 Å². The van der Waals surface area contributed by atoms with E-state index in [4.69, 9.17) is 4.74 Å². The predicted molar refractivity (Wildman–Crippen MR) is 83.2 cm³/mol. The Labute approximate surface area is 127 Å². The molecule has 0 bridgehead atoms. The smallest absolute Gasteiger partial charge is 0.123 e. The van der Waals surface area contributed by atoms with Crippen molar-refractivity contribution in [2.75, 3.05) is 0 Å². The normalized spacial score (nSPS) is 18.5. The van der Waals surface area contributed by atoms with E-state index in [1.165, 1.54) is 5.56 Å². The molecule has 3 rings (SSSR count). The zero-order valence-corrected chi connectivity index (χ0v) is 13.1. The molecular weight excluding hydrogens is 316 g/mol. The van der Waals surface area contributed by atoms with E-state index in [2.05, 4.69) is 28.9 Å². The van der Waals surface area contributed by atoms with Crippen molar-refractivity contribution in [3.05, 3.63) is 63.1 Å². The molecule has 1 N–H and O–H groups in total. The van der Waals surface area contributed by atoms with Gasteiger partial charge in [-0.05, 0) is 48.2 Å². The van der Waals surface area contributed by atoms with Gasteiger partial charge in [-0.3, -0.25) is 0 Å². The van der Waals surface area contributed by atoms with Crippen LogP contribution >= 0.6 is 15.9 Å². The lowest BCUT2D eigenvalue weighted by atomic mass is 9.97. The Hall–Kier alpha value is -1.32. The SMILES string of the molecule is Cc1cccc(C(O)c2ccc3c(c2)CC(C)O3)c1Br. The Bertz CT molecular complexity index is 651. The first-order valence-corrected chi connectivity index (χ1v) is 7.58. The summed E-state index contributed by atoms with van der Waals surface area (Å²) in [6, 6.07) is 11.9. The quantitative estimate of drug-likeness (QED) is 0.894. The molecule has 1 heterocycles. The van der Waals surface area contributed by atoms with Gasteiger partial charge in [-0.15, -0.1) is 0 Å². The number of hydrogen-bond acceptors (Lipinski definition) is 2. The van der Waals surface area contributed by atoms with Gasteiger partial charge >= 0.3 is 0 Å². The third-order valence-corrected chi connectivity index (χ3v) is 4.84. The van der Waals surface area contributed by atoms with E-state index in [1.54, 1.807) is 0 Å². The minimum Gasteiger partial charge on any atom is -0.490 e. The zero-order valence-electron chi connectivity index (χ0n) is 11.6. The fourth-order valence-electron chi connectivity index (χ4n) is 2.67. The maximum atomic E-state index is 10.6. The number of fused-ring (bicyclic) bond motifs is 1. The molecule has 0 amide bonds. The van der Waals surface area contributed by atoms with Crippen LogP contribution in [0.1, 0.15) is 35.3 Å². The summed E-state index contributed by atoms with van der Waals surface area (Å²) in [6.07, 6.45) is 0.513. The largest absolute Gasteiger partial charge is 0.490 e. The molecular formula is C17H17BrO2. The average Bonchev–Trinajstić information content (AvgIpc) is 2.80. The van der Waals surface area contributed by atoms with Crippen molar-refractivity contribution in [3.63, 3.8) is 0 Å². The van der Waals surface area contributed by atoms with Crippen LogP contribution in [-0.2, 0) is 6.42 Å². The van der Waals surface area contributed by atoms with Crippen molar-refractivity contribution in [3.8, 4) is 5.75 Å². The average molecular weight is 333 g/mol. The molecule has 0 aromatic heterocycles. The van der Waals surface area contributed by atoms with E-state index in [0.717, 1.165) is 33.3 Å². The Balaban J connectivity index is 1.97. The fourth-order valence-corrected chi connectivity index (χ4v) is 3.15. The lowest BCUT2D eigenvalue weighted by molar-refractivity contribution is 0.219. The van der Waals surface area contributed by atoms with Crippen molar-refractivity contribution in [2.24, 2.45) is 0 Å². The van der Waals surface area contributed by atoms with Gasteiger partial charge in [0.25, 0.3) is 0 Å². The molecule has 1 aliphatic rings. The molecule has 0 aliphatic carbocycles. The summed E-state index contributed by atoms with van der Waals surface area (Å²) in [5.74, 6) is 0.941. The summed E-state index contributed by atoms with van der Waals surface area (Å²) in [7, 11) is 0. The minimum absolute atomic E-state index is 0.225. The number of aryl methyl sites for hydroxylation is 1. The number of benzene rings is 2. The van der Waals surface area contributed by atoms with Gasteiger partial charge in [-0.25, -0.2) is 0 Å². The summed E-state index contributed by atoms with van der Waals surface area (Å²) in [6.45, 7) is 4.09. The van der Waals surface area contributed by atoms with Gasteiger partial charge in [0.2, 0.25) is 0 Å². The summed E-state index contributed by atoms with van der Waals surface area (Å²) < 4.78 is 6.67. The van der Waals surface area contributed by atoms with Gasteiger partial charge in [0.15, 0.2) is 0 Å². The van der Waals surface area contributed by atoms with Crippen molar-refractivity contribution in [2.45, 2.75) is 32.5 Å². The first-order valence-electron chi connectivity index (χ1n) is 6.79. The highest BCUT2D eigenvalue weighted by molar-refractivity contribution is 9.10. The number of ether oxygens (including phenoxy) is 1. The van der Waals surface area contributed by atoms with Gasteiger partial charge in [0.1, 0.15) is 18.0 Å². The molecule has 2 atom stereocenters. The molecule has 104 valence electrons. The molecule has 2 unspecified atom stereocenters. The maximum Gasteiger partial charge on any atom is 0.123 e. The van der Waals surface area contributed by atoms with Crippen molar-refractivity contribution >= 4 is 15.9 Å². The number of hydrogen-bond donors (Lipinski definition) is 1. The lowest BCUT2D eigenvalue weighted by Gasteiger charge is -2.15. The van der Waals surface area contributed by atoms with Crippen molar-refractivity contribution < 1.29 is 9.84 Å². The Morgan fingerprint density at radius 3 is 2.90 bits per heavy atom. The number of rotatable bonds is 2. The van der Waals surface area contributed by atoms with Crippen molar-refractivity contribution in [1.82, 2.24) is 0 Å². The first-order chi connectivity index (χ1) is 9.56. The third kappa shape index (κ3) is 2.36. The van der Waals surface area contributed by atoms with Crippen LogP contribution in [0.15, 0.2) is 40.9 Å². The van der Waals surface area contributed by atoms with E-state index in [9.17, 15) is 5.11 Å². The second-order valence-corrected chi connectivity index (χ2v) is 6.17. The van der Waals surface area contributed by atoms with Gasteiger partial charge in [0.05, 0.1) is 0 Å². The predicted octanol–water partition coefficient (Wildman–Crippen LogP) is 4.16. The summed E-state index contributed by atoms with van der Waals surface area (Å²) in [5, 5.41) is 10.6. The van der Waals surface area contributed by atoms with Gasteiger partial charge < -0.3 is 9.84 Å². The van der Waals surface area contributed by atoms with Crippen LogP contribution in [0.25, 0.3) is 0 Å². The molecule has 2 aromatic rings. The standard InChI is InChI=1S/C17H17BrO2/c1-10-4-3-5-14(16(10)18)17(19)12-6-7-15-13(9-12)8-11(2)20-15/h3-7,9,11,17,19H,8H2,1-2H3. The van der Waals surface area contributed by atoms with E-state index in [0.29, 0.717) is 0 Å². The molecule has 2 nitrogen and oxygen atoms in total. The number of halogens is 1. The van der Waals surface area contributed by atoms with E-state index >= 15 is 0 Å². The van der Waals surface area contributed by atoms with E-state index in [-0.39, 0.29) is 6.10 Å². The van der Waals surface area contributed by atoms with E-state index in [1.807, 2.05) is 37.3 Å². The monoisotopic (exact) mass is 332 g/mol. The maximum absolute atomic E-state index is 10.6. The first kappa shape index (κ1) is 13.7. The molecule has 0 radical (unpaired) electrons. The highest BCUT2D eigenvalue weighted by atomic mass is 79.9. The molecule has 1 aliphatic heterocycles. The summed E-state index contributed by atoms with van der Waals surface area (Å²) in [4.78, 5) is 0. The van der Waals surface area contributed by atoms with Gasteiger partial charge in [0, 0.05) is 10.9 Å². The van der Waals surface area contributed by atoms with Crippen LogP contribution in [0.3, 0.4) is 0 Å². The second-order valence-electron chi connectivity index (χ2n) is 5.38. The van der Waals surface area contributed by atoms with E-state index < -0.39 is 6.10 Å². The van der Waals surface area contributed by atoms with Crippen LogP contribution in [0.2, 0.25) is 0 Å². The van der Waals surface area contributed by atoms with Crippen LogP contribution in [-0.4, -0.2) is 11.2 Å². The lowest BCUT2D eigenvalue weighted by Crippen LogP contribution is -2.05. The molecule has 20 heavy (non-hydrogen) atoms. The van der Waals surface area contributed by atoms with Gasteiger partial charge in [-0.1, -0.05) is 40.2 Å². The minimum atomic E-state index is -0.620. The topological polar surface area (TPSA) is 29.5 Å². The summed E-state index contributed by atoms with van der Waals surface area (Å²) in [5.41, 5.74) is 4.11. The molecule has 0 saturated carbocycles. The Morgan fingerprint density at radius 2 is 2.10 bits per heavy atom. The second kappa shape index (κ2) is 5.23. The summed E-state index contributed by atoms with van der Waals surface area (Å²) >= 11 is 3.57. The van der Waals surface area contributed by atoms with Crippen LogP contribution in [0, 0.1) is 6.92 Å². The number of aliphatic hydroxyl groups excluding tert-OH is 1. The van der Waals surface area contributed by atoms with Gasteiger partial charge in [-0.2, -0.15) is 0 Å².